The van der Waals surface area contributed by atoms with Crippen molar-refractivity contribution in [3.63, 3.8) is 0 Å². The maximum atomic E-state index is 12.2. The second kappa shape index (κ2) is 3.89. The summed E-state index contributed by atoms with van der Waals surface area (Å²) in [6, 6.07) is 0. The Labute approximate surface area is 81.5 Å². The maximum Gasteiger partial charge on any atom is 0.437 e. The molecule has 0 aromatic carbocycles. The van der Waals surface area contributed by atoms with E-state index in [1.807, 2.05) is 0 Å². The molecular formula is C7H6F3NO4. The van der Waals surface area contributed by atoms with Crippen LogP contribution in [-0.4, -0.2) is 23.2 Å². The minimum Gasteiger partial charge on any atom is -0.475 e. The van der Waals surface area contributed by atoms with Crippen molar-refractivity contribution < 1.29 is 32.2 Å². The molecule has 0 aliphatic rings. The molecule has 0 aliphatic heterocycles. The Balaban J connectivity index is 3.18. The summed E-state index contributed by atoms with van der Waals surface area (Å²) in [6.45, 7) is -0.323. The van der Waals surface area contributed by atoms with Crippen molar-refractivity contribution in [1.29, 1.82) is 0 Å². The molecule has 0 amide bonds. The highest BCUT2D eigenvalue weighted by Crippen LogP contribution is 2.31. The van der Waals surface area contributed by atoms with Crippen LogP contribution in [0.2, 0.25) is 0 Å². The summed E-state index contributed by atoms with van der Waals surface area (Å²) >= 11 is 0. The van der Waals surface area contributed by atoms with Gasteiger partial charge in [0.15, 0.2) is 5.69 Å². The molecule has 0 bridgehead atoms. The fraction of sp³-hybridized carbons (Fsp3) is 0.429. The lowest BCUT2D eigenvalue weighted by atomic mass is 10.3. The van der Waals surface area contributed by atoms with Crippen LogP contribution < -0.4 is 0 Å². The molecular weight excluding hydrogens is 219 g/mol. The van der Waals surface area contributed by atoms with Gasteiger partial charge in [0.1, 0.15) is 6.61 Å². The van der Waals surface area contributed by atoms with Crippen LogP contribution in [0.15, 0.2) is 4.42 Å². The molecule has 5 nitrogen and oxygen atoms in total. The van der Waals surface area contributed by atoms with Crippen molar-refractivity contribution in [1.82, 2.24) is 4.98 Å². The van der Waals surface area contributed by atoms with E-state index in [0.717, 1.165) is 0 Å². The Bertz CT molecular complexity index is 371. The van der Waals surface area contributed by atoms with E-state index in [4.69, 9.17) is 5.11 Å². The first-order valence-corrected chi connectivity index (χ1v) is 3.65. The molecule has 0 spiro atoms. The van der Waals surface area contributed by atoms with Crippen LogP contribution in [0, 0.1) is 0 Å². The number of ether oxygens (including phenoxy) is 1. The van der Waals surface area contributed by atoms with Gasteiger partial charge in [0.2, 0.25) is 11.7 Å². The zero-order valence-electron chi connectivity index (χ0n) is 7.46. The Morgan fingerprint density at radius 2 is 2.20 bits per heavy atom. The quantitative estimate of drug-likeness (QED) is 0.844. The van der Waals surface area contributed by atoms with E-state index in [9.17, 15) is 18.0 Å². The van der Waals surface area contributed by atoms with Gasteiger partial charge < -0.3 is 14.3 Å². The molecule has 0 fully saturated rings. The lowest BCUT2D eigenvalue weighted by molar-refractivity contribution is -0.141. The number of aromatic carboxylic acids is 1. The van der Waals surface area contributed by atoms with Gasteiger partial charge in [0.05, 0.1) is 0 Å². The Hall–Kier alpha value is -1.57. The number of nitrogens with zero attached hydrogens (tertiary/aromatic N) is 1. The summed E-state index contributed by atoms with van der Waals surface area (Å²) in [5, 5.41) is 8.44. The third-order valence-corrected chi connectivity index (χ3v) is 1.40. The van der Waals surface area contributed by atoms with Crippen molar-refractivity contribution in [2.24, 2.45) is 0 Å². The van der Waals surface area contributed by atoms with Gasteiger partial charge in [-0.1, -0.05) is 0 Å². The monoisotopic (exact) mass is 225 g/mol. The first kappa shape index (κ1) is 11.5. The molecule has 1 rings (SSSR count). The lowest BCUT2D eigenvalue weighted by Crippen LogP contribution is -2.11. The Kier molecular flexibility index (Phi) is 2.98. The average Bonchev–Trinajstić information content (AvgIpc) is 2.48. The number of hydrogen-bond donors (Lipinski definition) is 1. The van der Waals surface area contributed by atoms with E-state index in [-0.39, 0.29) is 6.61 Å². The van der Waals surface area contributed by atoms with Crippen molar-refractivity contribution in [2.75, 3.05) is 7.11 Å². The molecule has 8 heteroatoms. The van der Waals surface area contributed by atoms with Crippen molar-refractivity contribution in [2.45, 2.75) is 12.8 Å². The van der Waals surface area contributed by atoms with Crippen LogP contribution in [0.25, 0.3) is 0 Å². The standard InChI is InChI=1S/C7H6F3NO4/c1-14-2-3-11-5(7(8,9)10)4(15-3)6(12)13/h2H2,1H3,(H,12,13). The zero-order chi connectivity index (χ0) is 11.6. The number of rotatable bonds is 3. The van der Waals surface area contributed by atoms with Crippen molar-refractivity contribution in [3.05, 3.63) is 17.3 Å². The normalized spacial score (nSPS) is 11.7. The second-order valence-corrected chi connectivity index (χ2v) is 2.52. The predicted octanol–water partition coefficient (Wildman–Crippen LogP) is 1.54. The number of carboxylic acids is 1. The highest BCUT2D eigenvalue weighted by atomic mass is 19.4. The summed E-state index contributed by atoms with van der Waals surface area (Å²) in [6.07, 6.45) is -4.86. The summed E-state index contributed by atoms with van der Waals surface area (Å²) in [7, 11) is 1.22. The van der Waals surface area contributed by atoms with Crippen LogP contribution in [0.4, 0.5) is 13.2 Å². The predicted molar refractivity (Wildman–Crippen MR) is 39.2 cm³/mol. The number of oxazole rings is 1. The van der Waals surface area contributed by atoms with Crippen LogP contribution >= 0.6 is 0 Å². The minimum atomic E-state index is -4.86. The third kappa shape index (κ3) is 2.46. The highest BCUT2D eigenvalue weighted by molar-refractivity contribution is 5.85. The van der Waals surface area contributed by atoms with Gasteiger partial charge in [-0.2, -0.15) is 13.2 Å². The summed E-state index contributed by atoms with van der Waals surface area (Å²) in [5.41, 5.74) is -1.55. The summed E-state index contributed by atoms with van der Waals surface area (Å²) < 4.78 is 45.6. The molecule has 84 valence electrons. The number of carboxylic acid groups (broad SMARTS) is 1. The molecule has 1 aromatic rings. The maximum absolute atomic E-state index is 12.2. The molecule has 0 unspecified atom stereocenters. The molecule has 0 saturated heterocycles. The third-order valence-electron chi connectivity index (χ3n) is 1.40. The van der Waals surface area contributed by atoms with Crippen LogP contribution in [-0.2, 0) is 17.5 Å². The zero-order valence-corrected chi connectivity index (χ0v) is 7.46. The second-order valence-electron chi connectivity index (χ2n) is 2.52. The van der Waals surface area contributed by atoms with Crippen LogP contribution in [0.3, 0.4) is 0 Å². The van der Waals surface area contributed by atoms with Gasteiger partial charge in [-0.05, 0) is 0 Å². The fourth-order valence-corrected chi connectivity index (χ4v) is 0.887. The minimum absolute atomic E-state index is 0.323. The van der Waals surface area contributed by atoms with Gasteiger partial charge in [0.25, 0.3) is 0 Å². The van der Waals surface area contributed by atoms with E-state index in [2.05, 4.69) is 14.1 Å². The van der Waals surface area contributed by atoms with Gasteiger partial charge >= 0.3 is 12.1 Å². The van der Waals surface area contributed by atoms with Crippen LogP contribution in [0.5, 0.6) is 0 Å². The first-order chi connectivity index (χ1) is 6.86. The summed E-state index contributed by atoms with van der Waals surface area (Å²) in [4.78, 5) is 13.4. The van der Waals surface area contributed by atoms with Gasteiger partial charge in [-0.15, -0.1) is 0 Å². The van der Waals surface area contributed by atoms with E-state index < -0.39 is 29.5 Å². The molecule has 1 aromatic heterocycles. The van der Waals surface area contributed by atoms with E-state index in [1.165, 1.54) is 7.11 Å². The number of hydrogen-bond acceptors (Lipinski definition) is 4. The molecule has 0 atom stereocenters. The van der Waals surface area contributed by atoms with Gasteiger partial charge in [-0.25, -0.2) is 9.78 Å². The Morgan fingerprint density at radius 1 is 1.60 bits per heavy atom. The number of carbonyl (C=O) groups is 1. The SMILES string of the molecule is COCc1nc(C(F)(F)F)c(C(=O)O)o1. The van der Waals surface area contributed by atoms with E-state index in [1.54, 1.807) is 0 Å². The number of methoxy groups -OCH3 is 1. The lowest BCUT2D eigenvalue weighted by Gasteiger charge is -2.00. The van der Waals surface area contributed by atoms with Crippen molar-refractivity contribution >= 4 is 5.97 Å². The molecule has 0 saturated carbocycles. The topological polar surface area (TPSA) is 72.6 Å². The first-order valence-electron chi connectivity index (χ1n) is 3.65. The molecule has 1 N–H and O–H groups in total. The van der Waals surface area contributed by atoms with E-state index >= 15 is 0 Å². The summed E-state index contributed by atoms with van der Waals surface area (Å²) in [5.74, 6) is -3.48. The number of alkyl halides is 3. The highest BCUT2D eigenvalue weighted by Gasteiger charge is 2.41. The molecule has 1 heterocycles. The van der Waals surface area contributed by atoms with Gasteiger partial charge in [0, 0.05) is 7.11 Å². The molecule has 15 heavy (non-hydrogen) atoms. The number of aromatic nitrogens is 1. The molecule has 0 radical (unpaired) electrons. The largest absolute Gasteiger partial charge is 0.475 e. The van der Waals surface area contributed by atoms with E-state index in [0.29, 0.717) is 0 Å². The smallest absolute Gasteiger partial charge is 0.437 e. The fourth-order valence-electron chi connectivity index (χ4n) is 0.887. The van der Waals surface area contributed by atoms with Crippen molar-refractivity contribution in [3.8, 4) is 0 Å². The van der Waals surface area contributed by atoms with Crippen LogP contribution in [0.1, 0.15) is 22.1 Å². The number of halogens is 3. The average molecular weight is 225 g/mol. The molecule has 0 aliphatic carbocycles. The Morgan fingerprint density at radius 3 is 2.53 bits per heavy atom. The van der Waals surface area contributed by atoms with Gasteiger partial charge in [-0.3, -0.25) is 0 Å².